The molecule has 0 unspecified atom stereocenters. The maximum absolute atomic E-state index is 11.6. The first-order valence-corrected chi connectivity index (χ1v) is 10.7. The lowest BCUT2D eigenvalue weighted by Crippen LogP contribution is -2.43. The summed E-state index contributed by atoms with van der Waals surface area (Å²) in [6.07, 6.45) is 3.84. The number of nitrogens with zero attached hydrogens (tertiary/aromatic N) is 2. The summed E-state index contributed by atoms with van der Waals surface area (Å²) in [5.41, 5.74) is 9.19. The molecule has 2 aromatic carbocycles. The van der Waals surface area contributed by atoms with E-state index in [9.17, 15) is 4.79 Å². The van der Waals surface area contributed by atoms with Crippen LogP contribution in [0.1, 0.15) is 22.3 Å². The third kappa shape index (κ3) is 5.69. The predicted octanol–water partition coefficient (Wildman–Crippen LogP) is 3.48. The number of primary amides is 1. The Kier molecular flexibility index (Phi) is 6.92. The molecular formula is C25H28N4O2. The fourth-order valence-electron chi connectivity index (χ4n) is 3.82. The van der Waals surface area contributed by atoms with E-state index in [-0.39, 0.29) is 11.4 Å². The average Bonchev–Trinajstić information content (AvgIpc) is 2.81. The number of nitrogens with one attached hydrogen (secondary N) is 1. The fourth-order valence-corrected chi connectivity index (χ4v) is 3.82. The van der Waals surface area contributed by atoms with Gasteiger partial charge in [0.05, 0.1) is 0 Å². The molecular weight excluding hydrogens is 388 g/mol. The number of ether oxygens (including phenoxy) is 1. The average molecular weight is 417 g/mol. The monoisotopic (exact) mass is 416 g/mol. The third-order valence-corrected chi connectivity index (χ3v) is 5.52. The van der Waals surface area contributed by atoms with Crippen LogP contribution in [0.5, 0.6) is 11.6 Å². The number of aryl methyl sites for hydroxylation is 1. The first kappa shape index (κ1) is 21.0. The third-order valence-electron chi connectivity index (χ3n) is 5.52. The molecule has 1 amide bonds. The number of nitrogens with two attached hydrogens (primary N) is 1. The van der Waals surface area contributed by atoms with E-state index in [1.54, 1.807) is 18.3 Å². The summed E-state index contributed by atoms with van der Waals surface area (Å²) in [6, 6.07) is 19.7. The zero-order valence-corrected chi connectivity index (χ0v) is 17.6. The largest absolute Gasteiger partial charge is 0.438 e. The molecule has 6 heteroatoms. The molecule has 160 valence electrons. The molecule has 1 fully saturated rings. The van der Waals surface area contributed by atoms with Crippen LogP contribution in [0.4, 0.5) is 0 Å². The van der Waals surface area contributed by atoms with Crippen molar-refractivity contribution in [3.05, 3.63) is 78.0 Å². The van der Waals surface area contributed by atoms with Gasteiger partial charge in [-0.1, -0.05) is 36.4 Å². The van der Waals surface area contributed by atoms with Crippen LogP contribution in [0.15, 0.2) is 66.9 Å². The quantitative estimate of drug-likeness (QED) is 0.588. The zero-order chi connectivity index (χ0) is 21.5. The summed E-state index contributed by atoms with van der Waals surface area (Å²) in [5.74, 6) is 0.262. The van der Waals surface area contributed by atoms with Gasteiger partial charge in [0.1, 0.15) is 11.3 Å². The van der Waals surface area contributed by atoms with E-state index >= 15 is 0 Å². The maximum atomic E-state index is 11.6. The Balaban J connectivity index is 1.39. The molecule has 3 N–H and O–H groups in total. The Bertz CT molecular complexity index is 1010. The Morgan fingerprint density at radius 2 is 1.84 bits per heavy atom. The van der Waals surface area contributed by atoms with E-state index in [0.717, 1.165) is 50.3 Å². The van der Waals surface area contributed by atoms with Crippen LogP contribution < -0.4 is 15.8 Å². The van der Waals surface area contributed by atoms with Gasteiger partial charge in [0, 0.05) is 32.4 Å². The Hall–Kier alpha value is -3.22. The van der Waals surface area contributed by atoms with Crippen molar-refractivity contribution in [2.75, 3.05) is 32.7 Å². The molecule has 0 aliphatic carbocycles. The number of rotatable bonds is 8. The summed E-state index contributed by atoms with van der Waals surface area (Å²) in [7, 11) is 0. The second kappa shape index (κ2) is 10.2. The van der Waals surface area contributed by atoms with Crippen LogP contribution in [0.2, 0.25) is 0 Å². The summed E-state index contributed by atoms with van der Waals surface area (Å²) in [5, 5.41) is 3.40. The SMILES string of the molecule is NC(=O)c1cccnc1Oc1cccc(-c2ccc(CCCN3CCNCC3)cc2)c1. The molecule has 0 radical (unpaired) electrons. The van der Waals surface area contributed by atoms with Crippen molar-refractivity contribution < 1.29 is 9.53 Å². The molecule has 1 aliphatic rings. The highest BCUT2D eigenvalue weighted by Gasteiger charge is 2.12. The van der Waals surface area contributed by atoms with Gasteiger partial charge in [0.25, 0.3) is 5.91 Å². The number of amides is 1. The fraction of sp³-hybridized carbons (Fsp3) is 0.280. The van der Waals surface area contributed by atoms with Gasteiger partial charge in [0.15, 0.2) is 0 Å². The first-order chi connectivity index (χ1) is 15.2. The lowest BCUT2D eigenvalue weighted by molar-refractivity contribution is 0.0997. The second-order valence-corrected chi connectivity index (χ2v) is 7.74. The van der Waals surface area contributed by atoms with Crippen LogP contribution >= 0.6 is 0 Å². The number of benzene rings is 2. The highest BCUT2D eigenvalue weighted by Crippen LogP contribution is 2.28. The van der Waals surface area contributed by atoms with Crippen molar-refractivity contribution in [1.82, 2.24) is 15.2 Å². The predicted molar refractivity (Wildman–Crippen MR) is 122 cm³/mol. The number of carbonyl (C=O) groups is 1. The molecule has 3 aromatic rings. The molecule has 0 bridgehead atoms. The minimum absolute atomic E-state index is 0.215. The van der Waals surface area contributed by atoms with E-state index in [1.165, 1.54) is 12.0 Å². The molecule has 1 saturated heterocycles. The van der Waals surface area contributed by atoms with E-state index in [4.69, 9.17) is 10.5 Å². The molecule has 31 heavy (non-hydrogen) atoms. The normalized spacial score (nSPS) is 14.3. The molecule has 6 nitrogen and oxygen atoms in total. The van der Waals surface area contributed by atoms with Gasteiger partial charge in [0.2, 0.25) is 5.88 Å². The van der Waals surface area contributed by atoms with Crippen molar-refractivity contribution in [2.45, 2.75) is 12.8 Å². The highest BCUT2D eigenvalue weighted by molar-refractivity contribution is 5.95. The topological polar surface area (TPSA) is 80.5 Å². The van der Waals surface area contributed by atoms with E-state index < -0.39 is 5.91 Å². The lowest BCUT2D eigenvalue weighted by atomic mass is 10.0. The van der Waals surface area contributed by atoms with Gasteiger partial charge in [-0.05, 0) is 60.3 Å². The highest BCUT2D eigenvalue weighted by atomic mass is 16.5. The van der Waals surface area contributed by atoms with Crippen molar-refractivity contribution in [3.8, 4) is 22.8 Å². The standard InChI is InChI=1S/C25H28N4O2/c26-24(30)23-7-2-12-28-25(23)31-22-6-1-5-21(18-22)20-10-8-19(9-11-20)4-3-15-29-16-13-27-14-17-29/h1-2,5-12,18,27H,3-4,13-17H2,(H2,26,30). The minimum Gasteiger partial charge on any atom is -0.438 e. The molecule has 1 aliphatic heterocycles. The van der Waals surface area contributed by atoms with Crippen molar-refractivity contribution in [2.24, 2.45) is 5.73 Å². The zero-order valence-electron chi connectivity index (χ0n) is 17.6. The van der Waals surface area contributed by atoms with Crippen molar-refractivity contribution >= 4 is 5.91 Å². The van der Waals surface area contributed by atoms with Gasteiger partial charge in [-0.2, -0.15) is 0 Å². The van der Waals surface area contributed by atoms with Gasteiger partial charge < -0.3 is 20.7 Å². The van der Waals surface area contributed by atoms with E-state index in [1.807, 2.05) is 24.3 Å². The number of aromatic nitrogens is 1. The first-order valence-electron chi connectivity index (χ1n) is 10.7. The molecule has 0 saturated carbocycles. The molecule has 1 aromatic heterocycles. The Morgan fingerprint density at radius 1 is 1.03 bits per heavy atom. The summed E-state index contributed by atoms with van der Waals surface area (Å²) in [6.45, 7) is 5.65. The minimum atomic E-state index is -0.563. The van der Waals surface area contributed by atoms with E-state index in [2.05, 4.69) is 39.5 Å². The van der Waals surface area contributed by atoms with E-state index in [0.29, 0.717) is 5.75 Å². The Morgan fingerprint density at radius 3 is 2.61 bits per heavy atom. The maximum Gasteiger partial charge on any atom is 0.254 e. The number of piperazine rings is 1. The van der Waals surface area contributed by atoms with Gasteiger partial charge in [-0.3, -0.25) is 4.79 Å². The molecule has 0 spiro atoms. The van der Waals surface area contributed by atoms with Crippen LogP contribution in [-0.2, 0) is 6.42 Å². The van der Waals surface area contributed by atoms with Crippen molar-refractivity contribution in [1.29, 1.82) is 0 Å². The van der Waals surface area contributed by atoms with Crippen LogP contribution in [0.25, 0.3) is 11.1 Å². The number of hydrogen-bond donors (Lipinski definition) is 2. The smallest absolute Gasteiger partial charge is 0.254 e. The van der Waals surface area contributed by atoms with Crippen LogP contribution in [0.3, 0.4) is 0 Å². The van der Waals surface area contributed by atoms with Gasteiger partial charge in [-0.25, -0.2) is 4.98 Å². The lowest BCUT2D eigenvalue weighted by Gasteiger charge is -2.27. The summed E-state index contributed by atoms with van der Waals surface area (Å²) >= 11 is 0. The van der Waals surface area contributed by atoms with Crippen LogP contribution in [0, 0.1) is 0 Å². The molecule has 4 rings (SSSR count). The summed E-state index contributed by atoms with van der Waals surface area (Å²) in [4.78, 5) is 18.3. The second-order valence-electron chi connectivity index (χ2n) is 7.74. The summed E-state index contributed by atoms with van der Waals surface area (Å²) < 4.78 is 5.85. The number of pyridine rings is 1. The number of carbonyl (C=O) groups excluding carboxylic acids is 1. The van der Waals surface area contributed by atoms with Gasteiger partial charge >= 0.3 is 0 Å². The molecule has 0 atom stereocenters. The Labute approximate surface area is 183 Å². The van der Waals surface area contributed by atoms with Crippen molar-refractivity contribution in [3.63, 3.8) is 0 Å². The molecule has 2 heterocycles. The van der Waals surface area contributed by atoms with Crippen LogP contribution in [-0.4, -0.2) is 48.5 Å². The number of hydrogen-bond acceptors (Lipinski definition) is 5. The van der Waals surface area contributed by atoms with Gasteiger partial charge in [-0.15, -0.1) is 0 Å².